The van der Waals surface area contributed by atoms with Crippen LogP contribution in [0.5, 0.6) is 0 Å². The summed E-state index contributed by atoms with van der Waals surface area (Å²) in [6.07, 6.45) is -4.33. The van der Waals surface area contributed by atoms with Gasteiger partial charge in [-0.05, 0) is 23.8 Å². The molecule has 0 bridgehead atoms. The van der Waals surface area contributed by atoms with Gasteiger partial charge in [-0.1, -0.05) is 12.1 Å². The van der Waals surface area contributed by atoms with Crippen LogP contribution in [0.4, 0.5) is 13.2 Å². The Morgan fingerprint density at radius 3 is 2.76 bits per heavy atom. The van der Waals surface area contributed by atoms with E-state index in [9.17, 15) is 23.1 Å². The third-order valence-electron chi connectivity index (χ3n) is 2.80. The van der Waals surface area contributed by atoms with Crippen molar-refractivity contribution in [1.82, 2.24) is 15.5 Å². The summed E-state index contributed by atoms with van der Waals surface area (Å²) in [5.74, 6) is -0.501. The molecule has 1 aromatic heterocycles. The standard InChI is InChI=1S/C13H12F3N3O2/c14-13(15,16)9-3-1-2-8(6-9)11(20)7-17-12(21)10-4-5-18-19-10/h1-6,11,20H,7H2,(H,17,21)(H,18,19)/t11-/m1/s1. The average molecular weight is 299 g/mol. The summed E-state index contributed by atoms with van der Waals surface area (Å²) in [6, 6.07) is 5.78. The first kappa shape index (κ1) is 15.0. The molecule has 1 aromatic carbocycles. The van der Waals surface area contributed by atoms with Crippen molar-refractivity contribution in [1.29, 1.82) is 0 Å². The molecule has 0 unspecified atom stereocenters. The SMILES string of the molecule is O=C(NC[C@@H](O)c1cccc(C(F)(F)F)c1)c1ccn[nH]1. The van der Waals surface area contributed by atoms with Crippen LogP contribution >= 0.6 is 0 Å². The highest BCUT2D eigenvalue weighted by atomic mass is 19.4. The summed E-state index contributed by atoms with van der Waals surface area (Å²) in [7, 11) is 0. The summed E-state index contributed by atoms with van der Waals surface area (Å²) in [4.78, 5) is 11.6. The minimum Gasteiger partial charge on any atom is -0.387 e. The quantitative estimate of drug-likeness (QED) is 0.807. The van der Waals surface area contributed by atoms with E-state index in [1.165, 1.54) is 24.4 Å². The molecule has 2 rings (SSSR count). The Balaban J connectivity index is 2.00. The van der Waals surface area contributed by atoms with Gasteiger partial charge in [-0.3, -0.25) is 9.89 Å². The van der Waals surface area contributed by atoms with Gasteiger partial charge in [0.25, 0.3) is 5.91 Å². The zero-order valence-corrected chi connectivity index (χ0v) is 10.7. The first-order valence-electron chi connectivity index (χ1n) is 6.00. The lowest BCUT2D eigenvalue weighted by molar-refractivity contribution is -0.137. The van der Waals surface area contributed by atoms with Crippen molar-refractivity contribution in [3.8, 4) is 0 Å². The average Bonchev–Trinajstić information content (AvgIpc) is 2.98. The number of amides is 1. The maximum atomic E-state index is 12.6. The largest absolute Gasteiger partial charge is 0.416 e. The maximum Gasteiger partial charge on any atom is 0.416 e. The molecule has 0 fully saturated rings. The highest BCUT2D eigenvalue weighted by Gasteiger charge is 2.30. The second-order valence-electron chi connectivity index (χ2n) is 4.32. The number of rotatable bonds is 4. The van der Waals surface area contributed by atoms with Crippen molar-refractivity contribution in [2.45, 2.75) is 12.3 Å². The van der Waals surface area contributed by atoms with Crippen molar-refractivity contribution in [3.63, 3.8) is 0 Å². The van der Waals surface area contributed by atoms with Gasteiger partial charge in [-0.2, -0.15) is 18.3 Å². The summed E-state index contributed by atoms with van der Waals surface area (Å²) in [6.45, 7) is -0.209. The molecule has 112 valence electrons. The predicted molar refractivity (Wildman–Crippen MR) is 67.3 cm³/mol. The van der Waals surface area contributed by atoms with E-state index in [2.05, 4.69) is 15.5 Å². The molecular formula is C13H12F3N3O2. The molecule has 0 saturated heterocycles. The van der Waals surface area contributed by atoms with Gasteiger partial charge in [-0.15, -0.1) is 0 Å². The van der Waals surface area contributed by atoms with Gasteiger partial charge >= 0.3 is 6.18 Å². The van der Waals surface area contributed by atoms with Gasteiger partial charge in [0.15, 0.2) is 0 Å². The molecule has 1 amide bonds. The number of halogens is 3. The normalized spacial score (nSPS) is 13.0. The van der Waals surface area contributed by atoms with Gasteiger partial charge in [0.1, 0.15) is 5.69 Å². The predicted octanol–water partition coefficient (Wildman–Crippen LogP) is 1.89. The fourth-order valence-electron chi connectivity index (χ4n) is 1.71. The van der Waals surface area contributed by atoms with E-state index in [0.717, 1.165) is 12.1 Å². The van der Waals surface area contributed by atoms with Crippen LogP contribution in [0.25, 0.3) is 0 Å². The lowest BCUT2D eigenvalue weighted by Gasteiger charge is -2.14. The van der Waals surface area contributed by atoms with Crippen LogP contribution in [-0.4, -0.2) is 27.8 Å². The van der Waals surface area contributed by atoms with E-state index in [1.807, 2.05) is 0 Å². The van der Waals surface area contributed by atoms with Crippen molar-refractivity contribution in [2.24, 2.45) is 0 Å². The van der Waals surface area contributed by atoms with Gasteiger partial charge in [0.05, 0.1) is 11.7 Å². The highest BCUT2D eigenvalue weighted by Crippen LogP contribution is 2.30. The van der Waals surface area contributed by atoms with Gasteiger partial charge in [-0.25, -0.2) is 0 Å². The molecule has 0 aliphatic carbocycles. The summed E-state index contributed by atoms with van der Waals surface area (Å²) in [5.41, 5.74) is -0.570. The van der Waals surface area contributed by atoms with Crippen LogP contribution in [0.15, 0.2) is 36.5 Å². The molecule has 8 heteroatoms. The van der Waals surface area contributed by atoms with Gasteiger partial charge in [0, 0.05) is 12.7 Å². The topological polar surface area (TPSA) is 78.0 Å². The number of aromatic amines is 1. The van der Waals surface area contributed by atoms with Crippen LogP contribution in [0, 0.1) is 0 Å². The zero-order valence-electron chi connectivity index (χ0n) is 10.7. The molecule has 1 atom stereocenters. The number of aliphatic hydroxyl groups is 1. The van der Waals surface area contributed by atoms with E-state index in [4.69, 9.17) is 0 Å². The Bertz CT molecular complexity index is 611. The Morgan fingerprint density at radius 1 is 1.38 bits per heavy atom. The number of carbonyl (C=O) groups is 1. The molecule has 0 aliphatic rings. The fourth-order valence-corrected chi connectivity index (χ4v) is 1.71. The number of carbonyl (C=O) groups excluding carboxylic acids is 1. The van der Waals surface area contributed by atoms with E-state index >= 15 is 0 Å². The van der Waals surface area contributed by atoms with E-state index in [1.54, 1.807) is 0 Å². The number of nitrogens with zero attached hydrogens (tertiary/aromatic N) is 1. The molecule has 1 heterocycles. The molecule has 3 N–H and O–H groups in total. The molecule has 0 spiro atoms. The molecular weight excluding hydrogens is 287 g/mol. The molecule has 0 saturated carbocycles. The van der Waals surface area contributed by atoms with Crippen LogP contribution in [0.3, 0.4) is 0 Å². The molecule has 0 radical (unpaired) electrons. The molecule has 21 heavy (non-hydrogen) atoms. The Morgan fingerprint density at radius 2 is 2.14 bits per heavy atom. The number of aliphatic hydroxyl groups excluding tert-OH is 1. The zero-order chi connectivity index (χ0) is 15.5. The van der Waals surface area contributed by atoms with Crippen molar-refractivity contribution in [2.75, 3.05) is 6.54 Å². The summed E-state index contributed by atoms with van der Waals surface area (Å²) in [5, 5.41) is 18.3. The van der Waals surface area contributed by atoms with Gasteiger partial charge in [0.2, 0.25) is 0 Å². The summed E-state index contributed by atoms with van der Waals surface area (Å²) < 4.78 is 37.7. The second kappa shape index (κ2) is 5.96. The molecule has 5 nitrogen and oxygen atoms in total. The number of nitrogens with one attached hydrogen (secondary N) is 2. The number of benzene rings is 1. The number of alkyl halides is 3. The number of H-pyrrole nitrogens is 1. The third kappa shape index (κ3) is 3.82. The van der Waals surface area contributed by atoms with Crippen molar-refractivity contribution in [3.05, 3.63) is 53.3 Å². The smallest absolute Gasteiger partial charge is 0.387 e. The van der Waals surface area contributed by atoms with E-state index < -0.39 is 23.8 Å². The fraction of sp³-hybridized carbons (Fsp3) is 0.231. The number of aromatic nitrogens is 2. The summed E-state index contributed by atoms with van der Waals surface area (Å²) >= 11 is 0. The molecule has 0 aliphatic heterocycles. The van der Waals surface area contributed by atoms with Crippen molar-refractivity contribution >= 4 is 5.91 Å². The van der Waals surface area contributed by atoms with Crippen LogP contribution in [0.2, 0.25) is 0 Å². The maximum absolute atomic E-state index is 12.6. The highest BCUT2D eigenvalue weighted by molar-refractivity contribution is 5.92. The minimum atomic E-state index is -4.48. The van der Waals surface area contributed by atoms with E-state index in [-0.39, 0.29) is 17.8 Å². The Hall–Kier alpha value is -2.35. The number of hydrogen-bond donors (Lipinski definition) is 3. The Kier molecular flexibility index (Phi) is 4.27. The number of hydrogen-bond acceptors (Lipinski definition) is 3. The van der Waals surface area contributed by atoms with Gasteiger partial charge < -0.3 is 10.4 Å². The molecule has 2 aromatic rings. The lowest BCUT2D eigenvalue weighted by Crippen LogP contribution is -2.28. The third-order valence-corrected chi connectivity index (χ3v) is 2.80. The Labute approximate surface area is 117 Å². The van der Waals surface area contributed by atoms with Crippen LogP contribution in [0.1, 0.15) is 27.7 Å². The first-order valence-corrected chi connectivity index (χ1v) is 6.00. The lowest BCUT2D eigenvalue weighted by atomic mass is 10.1. The monoisotopic (exact) mass is 299 g/mol. The van der Waals surface area contributed by atoms with Crippen LogP contribution in [-0.2, 0) is 6.18 Å². The van der Waals surface area contributed by atoms with Crippen LogP contribution < -0.4 is 5.32 Å². The van der Waals surface area contributed by atoms with Crippen molar-refractivity contribution < 1.29 is 23.1 Å². The minimum absolute atomic E-state index is 0.0785. The first-order chi connectivity index (χ1) is 9.88. The second-order valence-corrected chi connectivity index (χ2v) is 4.32. The van der Waals surface area contributed by atoms with E-state index in [0.29, 0.717) is 0 Å².